The summed E-state index contributed by atoms with van der Waals surface area (Å²) in [5.41, 5.74) is 0.376. The molecule has 0 radical (unpaired) electrons. The van der Waals surface area contributed by atoms with Crippen molar-refractivity contribution >= 4 is 16.8 Å². The summed E-state index contributed by atoms with van der Waals surface area (Å²) in [6.07, 6.45) is 8.22. The van der Waals surface area contributed by atoms with E-state index in [0.717, 1.165) is 0 Å². The number of allylic oxidation sites excluding steroid dienone is 4. The first kappa shape index (κ1) is 12.1. The molecular formula is C12H15NO3S. The summed E-state index contributed by atoms with van der Waals surface area (Å²) in [5, 5.41) is 0. The molecule has 2 heterocycles. The van der Waals surface area contributed by atoms with Crippen LogP contribution in [0.5, 0.6) is 0 Å². The van der Waals surface area contributed by atoms with Gasteiger partial charge in [0, 0.05) is 12.8 Å². The Morgan fingerprint density at radius 2 is 2.18 bits per heavy atom. The average Bonchev–Trinajstić information content (AvgIpc) is 2.27. The molecular weight excluding hydrogens is 238 g/mol. The average molecular weight is 253 g/mol. The molecule has 2 rings (SSSR count). The van der Waals surface area contributed by atoms with Crippen LogP contribution in [0.3, 0.4) is 0 Å². The van der Waals surface area contributed by atoms with Gasteiger partial charge in [0.25, 0.3) is 0 Å². The maximum atomic E-state index is 11.9. The Kier molecular flexibility index (Phi) is 3.78. The number of hydrogen-bond donors (Lipinski definition) is 1. The molecule has 17 heavy (non-hydrogen) atoms. The minimum Gasteiger partial charge on any atom is -0.492 e. The number of ketones is 1. The smallest absolute Gasteiger partial charge is 0.186 e. The number of carbonyl (C=O) groups is 1. The predicted octanol–water partition coefficient (Wildman–Crippen LogP) is 1.35. The van der Waals surface area contributed by atoms with E-state index in [1.807, 2.05) is 31.2 Å². The van der Waals surface area contributed by atoms with Gasteiger partial charge in [-0.1, -0.05) is 24.3 Å². The standard InChI is InChI=1S/C12H15NO3S/c1-9-8-10(14)12-11(16-9)6-4-2-3-5-7-17(15)13-12/h2-5,9,13H,6-8H2,1H3/b4-2-,5-3-. The van der Waals surface area contributed by atoms with E-state index in [1.54, 1.807) is 0 Å². The lowest BCUT2D eigenvalue weighted by atomic mass is 10.1. The number of ether oxygens (including phenoxy) is 1. The van der Waals surface area contributed by atoms with Gasteiger partial charge >= 0.3 is 0 Å². The monoisotopic (exact) mass is 253 g/mol. The van der Waals surface area contributed by atoms with Crippen molar-refractivity contribution in [2.24, 2.45) is 0 Å². The molecule has 2 aliphatic heterocycles. The molecule has 0 fully saturated rings. The minimum atomic E-state index is -1.27. The number of carbonyl (C=O) groups excluding carboxylic acids is 1. The summed E-state index contributed by atoms with van der Waals surface area (Å²) in [6, 6.07) is 0. The summed E-state index contributed by atoms with van der Waals surface area (Å²) in [4.78, 5) is 11.9. The van der Waals surface area contributed by atoms with Gasteiger partial charge in [-0.05, 0) is 6.92 Å². The molecule has 92 valence electrons. The molecule has 0 aromatic carbocycles. The fourth-order valence-electron chi connectivity index (χ4n) is 1.76. The van der Waals surface area contributed by atoms with Gasteiger partial charge in [0.05, 0.1) is 5.75 Å². The quantitative estimate of drug-likeness (QED) is 0.709. The highest BCUT2D eigenvalue weighted by atomic mass is 32.2. The lowest BCUT2D eigenvalue weighted by Gasteiger charge is -2.25. The van der Waals surface area contributed by atoms with Crippen LogP contribution < -0.4 is 4.72 Å². The molecule has 0 aliphatic carbocycles. The van der Waals surface area contributed by atoms with Crippen molar-refractivity contribution in [1.29, 1.82) is 0 Å². The van der Waals surface area contributed by atoms with Gasteiger partial charge in [0.2, 0.25) is 0 Å². The van der Waals surface area contributed by atoms with E-state index in [4.69, 9.17) is 4.74 Å². The third-order valence-corrected chi connectivity index (χ3v) is 3.45. The molecule has 1 N–H and O–H groups in total. The van der Waals surface area contributed by atoms with Crippen molar-refractivity contribution in [2.45, 2.75) is 25.9 Å². The van der Waals surface area contributed by atoms with Crippen LogP contribution in [-0.2, 0) is 20.5 Å². The molecule has 0 aromatic rings. The summed E-state index contributed by atoms with van der Waals surface area (Å²) in [5.74, 6) is 0.947. The molecule has 4 nitrogen and oxygen atoms in total. The highest BCUT2D eigenvalue weighted by Crippen LogP contribution is 2.22. The number of nitrogens with one attached hydrogen (secondary N) is 1. The van der Waals surface area contributed by atoms with Crippen LogP contribution in [0.25, 0.3) is 0 Å². The SMILES string of the molecule is CC1CC(=O)C2=C(C/C=C\C=C/CS(=O)N2)O1. The maximum Gasteiger partial charge on any atom is 0.186 e. The van der Waals surface area contributed by atoms with Crippen molar-refractivity contribution in [3.05, 3.63) is 35.8 Å². The Hall–Kier alpha value is -1.36. The van der Waals surface area contributed by atoms with Crippen LogP contribution in [0.4, 0.5) is 0 Å². The van der Waals surface area contributed by atoms with Crippen molar-refractivity contribution in [1.82, 2.24) is 4.72 Å². The Morgan fingerprint density at radius 3 is 3.00 bits per heavy atom. The zero-order valence-electron chi connectivity index (χ0n) is 9.64. The highest BCUT2D eigenvalue weighted by Gasteiger charge is 2.26. The van der Waals surface area contributed by atoms with Crippen LogP contribution in [0.1, 0.15) is 19.8 Å². The largest absolute Gasteiger partial charge is 0.492 e. The minimum absolute atomic E-state index is 0.0231. The van der Waals surface area contributed by atoms with Gasteiger partial charge in [0.1, 0.15) is 28.5 Å². The predicted molar refractivity (Wildman–Crippen MR) is 66.2 cm³/mol. The third-order valence-electron chi connectivity index (χ3n) is 2.52. The second kappa shape index (κ2) is 5.31. The van der Waals surface area contributed by atoms with Crippen LogP contribution in [-0.4, -0.2) is 21.8 Å². The summed E-state index contributed by atoms with van der Waals surface area (Å²) >= 11 is 0. The second-order valence-electron chi connectivity index (χ2n) is 4.03. The van der Waals surface area contributed by atoms with E-state index in [2.05, 4.69) is 4.72 Å². The van der Waals surface area contributed by atoms with E-state index in [1.165, 1.54) is 0 Å². The lowest BCUT2D eigenvalue weighted by molar-refractivity contribution is -0.119. The molecule has 0 spiro atoms. The van der Waals surface area contributed by atoms with Gasteiger partial charge in [0.15, 0.2) is 5.78 Å². The maximum absolute atomic E-state index is 11.9. The van der Waals surface area contributed by atoms with Crippen molar-refractivity contribution in [2.75, 3.05) is 5.75 Å². The summed E-state index contributed by atoms with van der Waals surface area (Å²) in [6.45, 7) is 1.86. The topological polar surface area (TPSA) is 55.4 Å². The molecule has 0 bridgehead atoms. The first-order valence-electron chi connectivity index (χ1n) is 5.56. The first-order chi connectivity index (χ1) is 8.16. The third kappa shape index (κ3) is 3.06. The fraction of sp³-hybridized carbons (Fsp3) is 0.417. The molecule has 0 saturated heterocycles. The van der Waals surface area contributed by atoms with Crippen LogP contribution in [0.15, 0.2) is 35.8 Å². The van der Waals surface area contributed by atoms with E-state index in [9.17, 15) is 9.00 Å². The molecule has 0 aromatic heterocycles. The van der Waals surface area contributed by atoms with Gasteiger partial charge in [-0.25, -0.2) is 4.21 Å². The second-order valence-corrected chi connectivity index (χ2v) is 5.26. The molecule has 2 unspecified atom stereocenters. The van der Waals surface area contributed by atoms with Crippen LogP contribution in [0, 0.1) is 0 Å². The van der Waals surface area contributed by atoms with E-state index < -0.39 is 11.0 Å². The Bertz CT molecular complexity index is 437. The van der Waals surface area contributed by atoms with Crippen LogP contribution in [0.2, 0.25) is 0 Å². The van der Waals surface area contributed by atoms with Crippen molar-refractivity contribution < 1.29 is 13.7 Å². The number of hydrogen-bond acceptors (Lipinski definition) is 3. The summed E-state index contributed by atoms with van der Waals surface area (Å²) < 4.78 is 20.0. The fourth-order valence-corrected chi connectivity index (χ4v) is 2.58. The lowest BCUT2D eigenvalue weighted by Crippen LogP contribution is -2.33. The molecule has 0 saturated carbocycles. The number of rotatable bonds is 0. The molecule has 2 atom stereocenters. The Balaban J connectivity index is 2.31. The van der Waals surface area contributed by atoms with Gasteiger partial charge in [-0.15, -0.1) is 0 Å². The zero-order chi connectivity index (χ0) is 12.3. The zero-order valence-corrected chi connectivity index (χ0v) is 10.5. The Labute approximate surface area is 103 Å². The van der Waals surface area contributed by atoms with Crippen molar-refractivity contribution in [3.63, 3.8) is 0 Å². The van der Waals surface area contributed by atoms with Gasteiger partial charge < -0.3 is 4.74 Å². The normalized spacial score (nSPS) is 33.1. The highest BCUT2D eigenvalue weighted by molar-refractivity contribution is 7.83. The van der Waals surface area contributed by atoms with Crippen LogP contribution >= 0.6 is 0 Å². The molecule has 2 aliphatic rings. The van der Waals surface area contributed by atoms with E-state index in [-0.39, 0.29) is 11.9 Å². The first-order valence-corrected chi connectivity index (χ1v) is 6.88. The molecule has 0 amide bonds. The van der Waals surface area contributed by atoms with Gasteiger partial charge in [-0.3, -0.25) is 9.52 Å². The summed E-state index contributed by atoms with van der Waals surface area (Å²) in [7, 11) is -1.27. The van der Waals surface area contributed by atoms with E-state index >= 15 is 0 Å². The molecule has 5 heteroatoms. The van der Waals surface area contributed by atoms with Crippen molar-refractivity contribution in [3.8, 4) is 0 Å². The van der Waals surface area contributed by atoms with E-state index in [0.29, 0.717) is 30.1 Å². The Morgan fingerprint density at radius 1 is 1.41 bits per heavy atom. The number of Topliss-reactive ketones (excluding diaryl/α,β-unsaturated/α-hetero) is 1. The van der Waals surface area contributed by atoms with Gasteiger partial charge in [-0.2, -0.15) is 0 Å².